The molecule has 0 unspecified atom stereocenters. The highest BCUT2D eigenvalue weighted by molar-refractivity contribution is 6.06. The van der Waals surface area contributed by atoms with Gasteiger partial charge in [-0.25, -0.2) is 0 Å². The third-order valence-electron chi connectivity index (χ3n) is 2.74. The second-order valence-corrected chi connectivity index (χ2v) is 4.66. The molecule has 0 bridgehead atoms. The molecule has 0 radical (unpaired) electrons. The molecule has 19 heavy (non-hydrogen) atoms. The van der Waals surface area contributed by atoms with Gasteiger partial charge in [0.05, 0.1) is 5.52 Å². The van der Waals surface area contributed by atoms with Crippen LogP contribution in [0.15, 0.2) is 24.3 Å². The molecule has 2 aromatic rings. The number of nitrogens with zero attached hydrogens (tertiary/aromatic N) is 2. The highest BCUT2D eigenvalue weighted by Crippen LogP contribution is 2.24. The molecule has 0 atom stereocenters. The molecule has 0 aliphatic heterocycles. The molecule has 6 heteroatoms. The monoisotopic (exact) mass is 270 g/mol. The molecule has 2 rings (SSSR count). The number of hydrogen-bond donors (Lipinski definition) is 0. The van der Waals surface area contributed by atoms with E-state index in [4.69, 9.17) is 0 Å². The van der Waals surface area contributed by atoms with Gasteiger partial charge in [0, 0.05) is 11.3 Å². The van der Waals surface area contributed by atoms with E-state index in [9.17, 15) is 18.0 Å². The maximum Gasteiger partial charge on any atom is 0.408 e. The minimum Gasteiger partial charge on any atom is -0.292 e. The summed E-state index contributed by atoms with van der Waals surface area (Å²) in [4.78, 5) is 12.0. The largest absolute Gasteiger partial charge is 0.408 e. The van der Waals surface area contributed by atoms with E-state index in [1.807, 2.05) is 0 Å². The quantitative estimate of drug-likeness (QED) is 0.801. The molecule has 3 nitrogen and oxygen atoms in total. The number of rotatable bonds is 3. The lowest BCUT2D eigenvalue weighted by molar-refractivity contribution is -0.141. The highest BCUT2D eigenvalue weighted by Gasteiger charge is 2.30. The van der Waals surface area contributed by atoms with Gasteiger partial charge < -0.3 is 0 Å². The van der Waals surface area contributed by atoms with Gasteiger partial charge in [-0.3, -0.25) is 9.48 Å². The van der Waals surface area contributed by atoms with Crippen molar-refractivity contribution < 1.29 is 18.0 Å². The fourth-order valence-corrected chi connectivity index (χ4v) is 1.87. The highest BCUT2D eigenvalue weighted by atomic mass is 19.4. The Bertz CT molecular complexity index is 614. The molecule has 102 valence electrons. The van der Waals surface area contributed by atoms with Crippen molar-refractivity contribution >= 4 is 16.7 Å². The van der Waals surface area contributed by atoms with Crippen LogP contribution in [0.3, 0.4) is 0 Å². The van der Waals surface area contributed by atoms with Crippen LogP contribution in [0.4, 0.5) is 13.2 Å². The Morgan fingerprint density at radius 3 is 2.53 bits per heavy atom. The molecule has 0 saturated heterocycles. The number of halogens is 3. The Balaban J connectivity index is 2.58. The van der Waals surface area contributed by atoms with E-state index in [-0.39, 0.29) is 17.4 Å². The van der Waals surface area contributed by atoms with Crippen LogP contribution in [0.5, 0.6) is 0 Å². The molecule has 1 aromatic carbocycles. The maximum atomic E-state index is 12.5. The Labute approximate surface area is 108 Å². The van der Waals surface area contributed by atoms with Gasteiger partial charge in [-0.2, -0.15) is 18.3 Å². The molecule has 1 aromatic heterocycles. The molecule has 0 N–H and O–H groups in total. The first-order chi connectivity index (χ1) is 8.79. The van der Waals surface area contributed by atoms with Crippen molar-refractivity contribution in [2.75, 3.05) is 0 Å². The Hall–Kier alpha value is -1.85. The van der Waals surface area contributed by atoms with Gasteiger partial charge in [0.15, 0.2) is 5.78 Å². The summed E-state index contributed by atoms with van der Waals surface area (Å²) in [6, 6.07) is 6.45. The van der Waals surface area contributed by atoms with Crippen molar-refractivity contribution in [3.05, 3.63) is 30.0 Å². The number of fused-ring (bicyclic) bond motifs is 1. The fourth-order valence-electron chi connectivity index (χ4n) is 1.87. The first-order valence-electron chi connectivity index (χ1n) is 5.86. The summed E-state index contributed by atoms with van der Waals surface area (Å²) in [5.41, 5.74) is 0.429. The van der Waals surface area contributed by atoms with Crippen molar-refractivity contribution in [3.63, 3.8) is 0 Å². The number of benzene rings is 1. The van der Waals surface area contributed by atoms with Crippen LogP contribution < -0.4 is 0 Å². The first-order valence-corrected chi connectivity index (χ1v) is 5.86. The van der Waals surface area contributed by atoms with Gasteiger partial charge >= 0.3 is 6.18 Å². The normalized spacial score (nSPS) is 12.3. The first kappa shape index (κ1) is 13.6. The van der Waals surface area contributed by atoms with Gasteiger partial charge in [-0.15, -0.1) is 0 Å². The summed E-state index contributed by atoms with van der Waals surface area (Å²) in [6.45, 7) is 2.19. The minimum atomic E-state index is -4.37. The standard InChI is InChI=1S/C13H13F3N2O/c1-8(2)12(19)11-9-5-3-4-6-10(9)18(17-11)7-13(14,15)16/h3-6,8H,7H2,1-2H3. The number of ketones is 1. The summed E-state index contributed by atoms with van der Waals surface area (Å²) in [6.07, 6.45) is -4.37. The van der Waals surface area contributed by atoms with Crippen LogP contribution in [0.25, 0.3) is 10.9 Å². The summed E-state index contributed by atoms with van der Waals surface area (Å²) in [5, 5.41) is 4.31. The average Bonchev–Trinajstić information content (AvgIpc) is 2.65. The third kappa shape index (κ3) is 2.77. The zero-order valence-electron chi connectivity index (χ0n) is 10.5. The maximum absolute atomic E-state index is 12.5. The molecule has 0 fully saturated rings. The van der Waals surface area contributed by atoms with Crippen molar-refractivity contribution in [3.8, 4) is 0 Å². The number of aromatic nitrogens is 2. The predicted octanol–water partition coefficient (Wildman–Crippen LogP) is 3.44. The minimum absolute atomic E-state index is 0.106. The van der Waals surface area contributed by atoms with E-state index >= 15 is 0 Å². The Morgan fingerprint density at radius 2 is 1.95 bits per heavy atom. The van der Waals surface area contributed by atoms with E-state index in [1.54, 1.807) is 32.0 Å². The lowest BCUT2D eigenvalue weighted by Crippen LogP contribution is -2.19. The number of carbonyl (C=O) groups excluding carboxylic acids is 1. The van der Waals surface area contributed by atoms with E-state index in [1.165, 1.54) is 6.07 Å². The number of carbonyl (C=O) groups is 1. The zero-order chi connectivity index (χ0) is 14.2. The lowest BCUT2D eigenvalue weighted by atomic mass is 10.0. The summed E-state index contributed by atoms with van der Waals surface area (Å²) >= 11 is 0. The van der Waals surface area contributed by atoms with Crippen LogP contribution in [0.1, 0.15) is 24.3 Å². The molecule has 0 aliphatic carbocycles. The SMILES string of the molecule is CC(C)C(=O)c1nn(CC(F)(F)F)c2ccccc12. The van der Waals surface area contributed by atoms with Crippen molar-refractivity contribution in [1.29, 1.82) is 0 Å². The number of hydrogen-bond acceptors (Lipinski definition) is 2. The van der Waals surface area contributed by atoms with Gasteiger partial charge in [0.1, 0.15) is 12.2 Å². The molecular weight excluding hydrogens is 257 g/mol. The van der Waals surface area contributed by atoms with Gasteiger partial charge in [0.25, 0.3) is 0 Å². The molecule has 0 saturated carbocycles. The van der Waals surface area contributed by atoms with E-state index in [2.05, 4.69) is 5.10 Å². The third-order valence-corrected chi connectivity index (χ3v) is 2.74. The summed E-state index contributed by atoms with van der Waals surface area (Å²) in [7, 11) is 0. The smallest absolute Gasteiger partial charge is 0.292 e. The topological polar surface area (TPSA) is 34.9 Å². The van der Waals surface area contributed by atoms with Crippen LogP contribution in [0, 0.1) is 5.92 Å². The summed E-state index contributed by atoms with van der Waals surface area (Å²) in [5.74, 6) is -0.560. The Kier molecular flexibility index (Phi) is 3.34. The lowest BCUT2D eigenvalue weighted by Gasteiger charge is -2.07. The van der Waals surface area contributed by atoms with Crippen molar-refractivity contribution in [2.45, 2.75) is 26.6 Å². The molecule has 1 heterocycles. The number of Topliss-reactive ketones (excluding diaryl/α,β-unsaturated/α-hetero) is 1. The van der Waals surface area contributed by atoms with Crippen LogP contribution in [-0.2, 0) is 6.54 Å². The van der Waals surface area contributed by atoms with Crippen molar-refractivity contribution in [1.82, 2.24) is 9.78 Å². The van der Waals surface area contributed by atoms with Crippen LogP contribution in [0.2, 0.25) is 0 Å². The number of para-hydroxylation sites is 1. The van der Waals surface area contributed by atoms with Crippen molar-refractivity contribution in [2.24, 2.45) is 5.92 Å². The van der Waals surface area contributed by atoms with Gasteiger partial charge in [0.2, 0.25) is 0 Å². The van der Waals surface area contributed by atoms with E-state index < -0.39 is 12.7 Å². The second kappa shape index (κ2) is 4.68. The van der Waals surface area contributed by atoms with E-state index in [0.29, 0.717) is 10.9 Å². The fraction of sp³-hybridized carbons (Fsp3) is 0.385. The van der Waals surface area contributed by atoms with Gasteiger partial charge in [-0.1, -0.05) is 32.0 Å². The molecular formula is C13H13F3N2O. The Morgan fingerprint density at radius 1 is 1.32 bits per heavy atom. The predicted molar refractivity (Wildman–Crippen MR) is 65.0 cm³/mol. The molecule has 0 aliphatic rings. The summed E-state index contributed by atoms with van der Waals surface area (Å²) < 4.78 is 38.3. The zero-order valence-corrected chi connectivity index (χ0v) is 10.5. The average molecular weight is 270 g/mol. The molecule has 0 spiro atoms. The van der Waals surface area contributed by atoms with Gasteiger partial charge in [-0.05, 0) is 6.07 Å². The second-order valence-electron chi connectivity index (χ2n) is 4.66. The van der Waals surface area contributed by atoms with Crippen LogP contribution >= 0.6 is 0 Å². The number of alkyl halides is 3. The van der Waals surface area contributed by atoms with Crippen LogP contribution in [-0.4, -0.2) is 21.7 Å². The van der Waals surface area contributed by atoms with E-state index in [0.717, 1.165) is 4.68 Å². The molecule has 0 amide bonds.